The Hall–Kier alpha value is -1.90. The molecule has 72 valence electrons. The van der Waals surface area contributed by atoms with E-state index in [0.29, 0.717) is 6.41 Å². The molecule has 0 radical (unpaired) electrons. The Balaban J connectivity index is 2.65. The number of rotatable bonds is 3. The van der Waals surface area contributed by atoms with Crippen LogP contribution in [0, 0.1) is 0 Å². The second-order valence-electron chi connectivity index (χ2n) is 2.80. The lowest BCUT2D eigenvalue weighted by atomic mass is 10.2. The van der Waals surface area contributed by atoms with Crippen molar-refractivity contribution in [2.24, 2.45) is 0 Å². The average Bonchev–Trinajstić information content (AvgIpc) is 2.26. The Morgan fingerprint density at radius 3 is 2.50 bits per heavy atom. The summed E-state index contributed by atoms with van der Waals surface area (Å²) in [5.74, 6) is -0.330. The minimum absolute atomic E-state index is 0.330. The van der Waals surface area contributed by atoms with Crippen LogP contribution in [0.1, 0.15) is 5.56 Å². The van der Waals surface area contributed by atoms with Gasteiger partial charge in [0, 0.05) is 13.1 Å². The third kappa shape index (κ3) is 2.86. The average molecular weight is 189 g/mol. The van der Waals surface area contributed by atoms with Gasteiger partial charge in [-0.1, -0.05) is 30.3 Å². The molecule has 0 aliphatic carbocycles. The Morgan fingerprint density at radius 1 is 1.29 bits per heavy atom. The molecule has 0 saturated carbocycles. The molecule has 0 aliphatic heterocycles. The zero-order valence-corrected chi connectivity index (χ0v) is 7.88. The summed E-state index contributed by atoms with van der Waals surface area (Å²) in [4.78, 5) is 22.4. The summed E-state index contributed by atoms with van der Waals surface area (Å²) in [5.41, 5.74) is 0.931. The molecule has 2 amide bonds. The fourth-order valence-corrected chi connectivity index (χ4v) is 0.901. The van der Waals surface area contributed by atoms with Gasteiger partial charge in [0.15, 0.2) is 0 Å². The molecule has 1 aromatic carbocycles. The second kappa shape index (κ2) is 4.97. The smallest absolute Gasteiger partial charge is 0.252 e. The standard InChI is InChI=1S/C11H11NO2/c1-12(9-13)11(14)8-7-10-5-3-2-4-6-10/h2-9H,1H3/b8-7+. The minimum Gasteiger partial charge on any atom is -0.285 e. The van der Waals surface area contributed by atoms with Gasteiger partial charge in [-0.2, -0.15) is 0 Å². The zero-order chi connectivity index (χ0) is 10.4. The number of amides is 2. The largest absolute Gasteiger partial charge is 0.285 e. The number of nitrogens with zero attached hydrogens (tertiary/aromatic N) is 1. The lowest BCUT2D eigenvalue weighted by molar-refractivity contribution is -0.132. The molecule has 14 heavy (non-hydrogen) atoms. The molecule has 0 atom stereocenters. The summed E-state index contributed by atoms with van der Waals surface area (Å²) in [6, 6.07) is 9.42. The molecule has 0 saturated heterocycles. The van der Waals surface area contributed by atoms with Gasteiger partial charge in [-0.25, -0.2) is 0 Å². The Morgan fingerprint density at radius 2 is 1.93 bits per heavy atom. The van der Waals surface area contributed by atoms with E-state index in [2.05, 4.69) is 0 Å². The molecule has 0 aliphatic rings. The first-order valence-corrected chi connectivity index (χ1v) is 4.19. The van der Waals surface area contributed by atoms with Crippen LogP contribution in [0.4, 0.5) is 0 Å². The van der Waals surface area contributed by atoms with Gasteiger partial charge in [-0.3, -0.25) is 14.5 Å². The molecule has 1 rings (SSSR count). The summed E-state index contributed by atoms with van der Waals surface area (Å²) in [5, 5.41) is 0. The topological polar surface area (TPSA) is 37.4 Å². The number of hydrogen-bond acceptors (Lipinski definition) is 2. The number of likely N-dealkylation sites (N-methyl/N-ethyl adjacent to an activating group) is 1. The fourth-order valence-electron chi connectivity index (χ4n) is 0.901. The van der Waals surface area contributed by atoms with E-state index in [1.54, 1.807) is 6.08 Å². The lowest BCUT2D eigenvalue weighted by Crippen LogP contribution is -2.22. The molecule has 0 bridgehead atoms. The SMILES string of the molecule is CN(C=O)C(=O)/C=C/c1ccccc1. The van der Waals surface area contributed by atoms with Gasteiger partial charge in [-0.05, 0) is 11.6 Å². The number of benzene rings is 1. The maximum atomic E-state index is 11.2. The monoisotopic (exact) mass is 189 g/mol. The van der Waals surface area contributed by atoms with Crippen LogP contribution >= 0.6 is 0 Å². The van der Waals surface area contributed by atoms with Crippen LogP contribution < -0.4 is 0 Å². The third-order valence-corrected chi connectivity index (χ3v) is 1.72. The molecule has 0 N–H and O–H groups in total. The number of imide groups is 1. The van der Waals surface area contributed by atoms with Crippen molar-refractivity contribution in [3.63, 3.8) is 0 Å². The molecular formula is C11H11NO2. The van der Waals surface area contributed by atoms with Gasteiger partial charge in [0.1, 0.15) is 0 Å². The number of carbonyl (C=O) groups is 2. The first-order chi connectivity index (χ1) is 6.74. The predicted molar refractivity (Wildman–Crippen MR) is 54.3 cm³/mol. The van der Waals surface area contributed by atoms with Gasteiger partial charge in [-0.15, -0.1) is 0 Å². The van der Waals surface area contributed by atoms with Crippen LogP contribution in [0.15, 0.2) is 36.4 Å². The minimum atomic E-state index is -0.330. The molecular weight excluding hydrogens is 178 g/mol. The first kappa shape index (κ1) is 10.2. The van der Waals surface area contributed by atoms with E-state index in [9.17, 15) is 9.59 Å². The van der Waals surface area contributed by atoms with E-state index in [1.165, 1.54) is 13.1 Å². The van der Waals surface area contributed by atoms with Crippen molar-refractivity contribution in [2.45, 2.75) is 0 Å². The summed E-state index contributed by atoms with van der Waals surface area (Å²) in [7, 11) is 1.42. The summed E-state index contributed by atoms with van der Waals surface area (Å²) < 4.78 is 0. The van der Waals surface area contributed by atoms with E-state index >= 15 is 0 Å². The van der Waals surface area contributed by atoms with Crippen LogP contribution in [0.2, 0.25) is 0 Å². The van der Waals surface area contributed by atoms with Gasteiger partial charge in [0.25, 0.3) is 5.91 Å². The van der Waals surface area contributed by atoms with E-state index in [4.69, 9.17) is 0 Å². The van der Waals surface area contributed by atoms with Crippen molar-refractivity contribution in [1.82, 2.24) is 4.90 Å². The highest BCUT2D eigenvalue weighted by Crippen LogP contribution is 2.00. The Labute approximate surface area is 82.6 Å². The zero-order valence-electron chi connectivity index (χ0n) is 7.88. The van der Waals surface area contributed by atoms with Gasteiger partial charge < -0.3 is 0 Å². The van der Waals surface area contributed by atoms with Crippen molar-refractivity contribution < 1.29 is 9.59 Å². The highest BCUT2D eigenvalue weighted by atomic mass is 16.2. The normalized spacial score (nSPS) is 10.1. The molecule has 0 spiro atoms. The van der Waals surface area contributed by atoms with E-state index in [0.717, 1.165) is 10.5 Å². The predicted octanol–water partition coefficient (Wildman–Crippen LogP) is 1.31. The third-order valence-electron chi connectivity index (χ3n) is 1.72. The number of hydrogen-bond donors (Lipinski definition) is 0. The van der Waals surface area contributed by atoms with E-state index < -0.39 is 0 Å². The van der Waals surface area contributed by atoms with Crippen LogP contribution in [-0.2, 0) is 9.59 Å². The van der Waals surface area contributed by atoms with Crippen molar-refractivity contribution in [2.75, 3.05) is 7.05 Å². The highest BCUT2D eigenvalue weighted by molar-refractivity contribution is 5.97. The van der Waals surface area contributed by atoms with E-state index in [1.807, 2.05) is 30.3 Å². The molecule has 3 nitrogen and oxygen atoms in total. The fraction of sp³-hybridized carbons (Fsp3) is 0.0909. The second-order valence-corrected chi connectivity index (χ2v) is 2.80. The van der Waals surface area contributed by atoms with Crippen molar-refractivity contribution in [3.05, 3.63) is 42.0 Å². The van der Waals surface area contributed by atoms with Crippen LogP contribution in [-0.4, -0.2) is 24.3 Å². The maximum absolute atomic E-state index is 11.2. The molecule has 0 heterocycles. The van der Waals surface area contributed by atoms with Crippen molar-refractivity contribution >= 4 is 18.4 Å². The van der Waals surface area contributed by atoms with Crippen LogP contribution in [0.5, 0.6) is 0 Å². The quantitative estimate of drug-likeness (QED) is 0.531. The summed E-state index contributed by atoms with van der Waals surface area (Å²) in [6.45, 7) is 0. The molecule has 0 aromatic heterocycles. The first-order valence-electron chi connectivity index (χ1n) is 4.19. The molecule has 3 heteroatoms. The van der Waals surface area contributed by atoms with Crippen molar-refractivity contribution in [3.8, 4) is 0 Å². The van der Waals surface area contributed by atoms with E-state index in [-0.39, 0.29) is 5.91 Å². The lowest BCUT2D eigenvalue weighted by Gasteiger charge is -2.02. The molecule has 0 fully saturated rings. The molecule has 0 unspecified atom stereocenters. The summed E-state index contributed by atoms with van der Waals surface area (Å²) >= 11 is 0. The van der Waals surface area contributed by atoms with Gasteiger partial charge in [0.05, 0.1) is 0 Å². The Kier molecular flexibility index (Phi) is 3.61. The summed E-state index contributed by atoms with van der Waals surface area (Å²) in [6.07, 6.45) is 3.52. The Bertz CT molecular complexity index is 344. The number of carbonyl (C=O) groups excluding carboxylic acids is 2. The van der Waals surface area contributed by atoms with Gasteiger partial charge in [0.2, 0.25) is 6.41 Å². The maximum Gasteiger partial charge on any atom is 0.252 e. The molecule has 1 aromatic rings. The highest BCUT2D eigenvalue weighted by Gasteiger charge is 2.00. The van der Waals surface area contributed by atoms with Crippen LogP contribution in [0.3, 0.4) is 0 Å². The van der Waals surface area contributed by atoms with Gasteiger partial charge >= 0.3 is 0 Å². The van der Waals surface area contributed by atoms with Crippen molar-refractivity contribution in [1.29, 1.82) is 0 Å². The van der Waals surface area contributed by atoms with Crippen LogP contribution in [0.25, 0.3) is 6.08 Å².